The molecule has 0 unspecified atom stereocenters. The molecule has 7 rings (SSSR count). The lowest BCUT2D eigenvalue weighted by Crippen LogP contribution is -2.48. The first-order chi connectivity index (χ1) is 21.4. The SMILES string of the molecule is COc1ccc([C@@H]2[C@@H](C(=O)c3ccc(Cl)cc3)N3c4ccccc4C=C[C@@H]3C23C(=O)c2ccccc2C3=O)c(OC)c1OC. The predicted molar refractivity (Wildman–Crippen MR) is 168 cm³/mol. The highest BCUT2D eigenvalue weighted by Crippen LogP contribution is 2.63. The second-order valence-electron chi connectivity index (χ2n) is 11.1. The second-order valence-corrected chi connectivity index (χ2v) is 11.5. The molecule has 0 bridgehead atoms. The highest BCUT2D eigenvalue weighted by Gasteiger charge is 2.72. The predicted octanol–water partition coefficient (Wildman–Crippen LogP) is 6.68. The standard InChI is InChI=1S/C36H28ClNO6/c1-42-27-18-17-25(32(43-2)33(27)44-3)29-30(31(39)21-12-15-22(37)16-13-21)38-26-11-7-4-8-20(26)14-19-28(38)36(29)34(40)23-9-5-6-10-24(23)35(36)41/h4-19,28-30H,1-3H3/t28-,29-,30+/m1/s1. The van der Waals surface area contributed by atoms with Crippen LogP contribution in [0.2, 0.25) is 5.02 Å². The Kier molecular flexibility index (Phi) is 6.59. The molecule has 44 heavy (non-hydrogen) atoms. The van der Waals surface area contributed by atoms with Crippen molar-refractivity contribution in [3.8, 4) is 17.2 Å². The van der Waals surface area contributed by atoms with Crippen LogP contribution in [-0.4, -0.2) is 50.8 Å². The Morgan fingerprint density at radius 1 is 0.773 bits per heavy atom. The maximum absolute atomic E-state index is 14.9. The van der Waals surface area contributed by atoms with Gasteiger partial charge in [-0.2, -0.15) is 0 Å². The van der Waals surface area contributed by atoms with Gasteiger partial charge in [0.25, 0.3) is 0 Å². The summed E-state index contributed by atoms with van der Waals surface area (Å²) in [4.78, 5) is 46.6. The molecule has 4 aromatic carbocycles. The van der Waals surface area contributed by atoms with Gasteiger partial charge in [0.2, 0.25) is 5.75 Å². The minimum absolute atomic E-state index is 0.257. The molecule has 2 heterocycles. The highest BCUT2D eigenvalue weighted by molar-refractivity contribution is 6.32. The largest absolute Gasteiger partial charge is 0.493 e. The number of anilines is 1. The molecule has 0 N–H and O–H groups in total. The number of carbonyl (C=O) groups excluding carboxylic acids is 3. The number of hydrogen-bond acceptors (Lipinski definition) is 7. The first kappa shape index (κ1) is 27.9. The van der Waals surface area contributed by atoms with Crippen LogP contribution in [0.5, 0.6) is 17.2 Å². The summed E-state index contributed by atoms with van der Waals surface area (Å²) in [7, 11) is 4.51. The first-order valence-corrected chi connectivity index (χ1v) is 14.6. The summed E-state index contributed by atoms with van der Waals surface area (Å²) in [6.07, 6.45) is 3.82. The van der Waals surface area contributed by atoms with Crippen molar-refractivity contribution in [1.82, 2.24) is 0 Å². The molecule has 3 atom stereocenters. The molecule has 1 saturated heterocycles. The van der Waals surface area contributed by atoms with Gasteiger partial charge in [-0.05, 0) is 42.0 Å². The van der Waals surface area contributed by atoms with Crippen LogP contribution in [0.15, 0.2) is 91.0 Å². The van der Waals surface area contributed by atoms with Gasteiger partial charge < -0.3 is 19.1 Å². The van der Waals surface area contributed by atoms with Gasteiger partial charge in [-0.15, -0.1) is 0 Å². The van der Waals surface area contributed by atoms with Gasteiger partial charge in [0.05, 0.1) is 27.4 Å². The molecule has 0 amide bonds. The average molecular weight is 606 g/mol. The lowest BCUT2D eigenvalue weighted by atomic mass is 9.64. The summed E-state index contributed by atoms with van der Waals surface area (Å²) in [5.41, 5.74) is 1.53. The summed E-state index contributed by atoms with van der Waals surface area (Å²) >= 11 is 6.21. The second kappa shape index (κ2) is 10.4. The fourth-order valence-electron chi connectivity index (χ4n) is 7.41. The van der Waals surface area contributed by atoms with E-state index < -0.39 is 23.4 Å². The van der Waals surface area contributed by atoms with Gasteiger partial charge in [-0.3, -0.25) is 14.4 Å². The smallest absolute Gasteiger partial charge is 0.203 e. The van der Waals surface area contributed by atoms with Crippen molar-refractivity contribution < 1.29 is 28.6 Å². The maximum Gasteiger partial charge on any atom is 0.203 e. The van der Waals surface area contributed by atoms with Gasteiger partial charge >= 0.3 is 0 Å². The van der Waals surface area contributed by atoms with Crippen LogP contribution in [0.1, 0.15) is 48.1 Å². The molecule has 2 aliphatic heterocycles. The average Bonchev–Trinajstić information content (AvgIpc) is 3.49. The zero-order valence-corrected chi connectivity index (χ0v) is 25.0. The zero-order chi connectivity index (χ0) is 30.7. The lowest BCUT2D eigenvalue weighted by molar-refractivity contribution is 0.0664. The number of rotatable bonds is 6. The Labute approximate surface area is 259 Å². The number of methoxy groups -OCH3 is 3. The summed E-state index contributed by atoms with van der Waals surface area (Å²) < 4.78 is 17.3. The van der Waals surface area contributed by atoms with E-state index in [9.17, 15) is 14.4 Å². The Morgan fingerprint density at radius 3 is 2.05 bits per heavy atom. The fourth-order valence-corrected chi connectivity index (χ4v) is 7.54. The van der Waals surface area contributed by atoms with Crippen molar-refractivity contribution in [1.29, 1.82) is 0 Å². The molecule has 8 heteroatoms. The van der Waals surface area contributed by atoms with Crippen molar-refractivity contribution in [3.63, 3.8) is 0 Å². The molecular formula is C36H28ClNO6. The maximum atomic E-state index is 14.9. The van der Waals surface area contributed by atoms with Crippen molar-refractivity contribution in [2.75, 3.05) is 26.2 Å². The van der Waals surface area contributed by atoms with Gasteiger partial charge in [0.15, 0.2) is 28.8 Å². The van der Waals surface area contributed by atoms with Crippen LogP contribution in [0.4, 0.5) is 5.69 Å². The fraction of sp³-hybridized carbons (Fsp3) is 0.194. The molecular weight excluding hydrogens is 578 g/mol. The van der Waals surface area contributed by atoms with Crippen LogP contribution in [0, 0.1) is 5.41 Å². The van der Waals surface area contributed by atoms with Crippen molar-refractivity contribution in [2.45, 2.75) is 18.0 Å². The number of carbonyl (C=O) groups is 3. The number of hydrogen-bond donors (Lipinski definition) is 0. The van der Waals surface area contributed by atoms with Crippen LogP contribution in [0.25, 0.3) is 6.08 Å². The number of nitrogens with zero attached hydrogens (tertiary/aromatic N) is 1. The molecule has 1 aliphatic carbocycles. The number of fused-ring (bicyclic) bond motifs is 5. The van der Waals surface area contributed by atoms with E-state index in [1.807, 2.05) is 41.3 Å². The number of ketones is 3. The van der Waals surface area contributed by atoms with Crippen LogP contribution in [0.3, 0.4) is 0 Å². The summed E-state index contributed by atoms with van der Waals surface area (Å²) in [6, 6.07) is 23.0. The summed E-state index contributed by atoms with van der Waals surface area (Å²) in [6.45, 7) is 0. The Morgan fingerprint density at radius 2 is 1.41 bits per heavy atom. The van der Waals surface area contributed by atoms with Gasteiger partial charge in [0, 0.05) is 38.9 Å². The molecule has 7 nitrogen and oxygen atoms in total. The highest BCUT2D eigenvalue weighted by atomic mass is 35.5. The summed E-state index contributed by atoms with van der Waals surface area (Å²) in [5.74, 6) is -0.886. The van der Waals surface area contributed by atoms with Crippen LogP contribution in [-0.2, 0) is 0 Å². The quantitative estimate of drug-likeness (QED) is 0.179. The third-order valence-electron chi connectivity index (χ3n) is 9.18. The monoisotopic (exact) mass is 605 g/mol. The molecule has 0 aromatic heterocycles. The minimum atomic E-state index is -1.69. The number of para-hydroxylation sites is 1. The van der Waals surface area contributed by atoms with E-state index in [1.54, 1.807) is 60.7 Å². The van der Waals surface area contributed by atoms with Crippen LogP contribution >= 0.6 is 11.6 Å². The molecule has 4 aromatic rings. The molecule has 1 fully saturated rings. The third-order valence-corrected chi connectivity index (χ3v) is 9.43. The number of Topliss-reactive ketones (excluding diaryl/α,β-unsaturated/α-hetero) is 3. The Hall–Kier alpha value is -4.88. The summed E-state index contributed by atoms with van der Waals surface area (Å²) in [5, 5.41) is 0.489. The first-order valence-electron chi connectivity index (χ1n) is 14.2. The third kappa shape index (κ3) is 3.65. The van der Waals surface area contributed by atoms with E-state index in [0.717, 1.165) is 11.3 Å². The number of ether oxygens (including phenoxy) is 3. The van der Waals surface area contributed by atoms with E-state index in [0.29, 0.717) is 44.5 Å². The Bertz CT molecular complexity index is 1850. The molecule has 0 saturated carbocycles. The lowest BCUT2D eigenvalue weighted by Gasteiger charge is -2.37. The Balaban J connectivity index is 1.59. The van der Waals surface area contributed by atoms with Crippen LogP contribution < -0.4 is 19.1 Å². The molecule has 220 valence electrons. The van der Waals surface area contributed by atoms with Gasteiger partial charge in [-0.25, -0.2) is 0 Å². The van der Waals surface area contributed by atoms with Crippen molar-refractivity contribution in [2.24, 2.45) is 5.41 Å². The van der Waals surface area contributed by atoms with Crippen molar-refractivity contribution in [3.05, 3.63) is 124 Å². The van der Waals surface area contributed by atoms with E-state index in [1.165, 1.54) is 21.3 Å². The molecule has 0 radical (unpaired) electrons. The minimum Gasteiger partial charge on any atom is -0.493 e. The van der Waals surface area contributed by atoms with E-state index in [-0.39, 0.29) is 17.3 Å². The normalized spacial score (nSPS) is 20.7. The molecule has 3 aliphatic rings. The van der Waals surface area contributed by atoms with Gasteiger partial charge in [0.1, 0.15) is 11.5 Å². The molecule has 1 spiro atoms. The van der Waals surface area contributed by atoms with Gasteiger partial charge in [-0.1, -0.05) is 72.3 Å². The van der Waals surface area contributed by atoms with Crippen molar-refractivity contribution >= 4 is 40.7 Å². The topological polar surface area (TPSA) is 82.1 Å². The van der Waals surface area contributed by atoms with E-state index in [4.69, 9.17) is 25.8 Å². The van der Waals surface area contributed by atoms with E-state index >= 15 is 0 Å². The number of halogens is 1. The zero-order valence-electron chi connectivity index (χ0n) is 24.2. The van der Waals surface area contributed by atoms with E-state index in [2.05, 4.69) is 0 Å². The number of benzene rings is 4.